The van der Waals surface area contributed by atoms with Crippen LogP contribution in [0, 0.1) is 0 Å². The van der Waals surface area contributed by atoms with Crippen molar-refractivity contribution in [3.63, 3.8) is 0 Å². The molecule has 1 aliphatic rings. The quantitative estimate of drug-likeness (QED) is 0.599. The first-order chi connectivity index (χ1) is 11.2. The van der Waals surface area contributed by atoms with Gasteiger partial charge in [-0.15, -0.1) is 0 Å². The number of rotatable bonds is 2. The number of carbonyl (C=O) groups is 2. The Morgan fingerprint density at radius 2 is 1.79 bits per heavy atom. The summed E-state index contributed by atoms with van der Waals surface area (Å²) in [6, 6.07) is 3.33. The summed E-state index contributed by atoms with van der Waals surface area (Å²) in [6.45, 7) is 7.81. The Morgan fingerprint density at radius 3 is 2.33 bits per heavy atom. The number of anilines is 1. The lowest BCUT2D eigenvalue weighted by atomic mass is 10.2. The summed E-state index contributed by atoms with van der Waals surface area (Å²) < 4.78 is 10.1. The van der Waals surface area contributed by atoms with Crippen LogP contribution in [0.4, 0.5) is 10.5 Å². The number of hydrogen-bond acceptors (Lipinski definition) is 6. The minimum atomic E-state index is -0.536. The Hall–Kier alpha value is -2.02. The zero-order valence-electron chi connectivity index (χ0n) is 14.3. The van der Waals surface area contributed by atoms with Crippen molar-refractivity contribution >= 4 is 29.4 Å². The van der Waals surface area contributed by atoms with Crippen LogP contribution in [0.2, 0.25) is 5.15 Å². The Morgan fingerprint density at radius 1 is 1.17 bits per heavy atom. The molecule has 0 aliphatic carbocycles. The summed E-state index contributed by atoms with van der Waals surface area (Å²) in [5, 5.41) is 0.225. The predicted octanol–water partition coefficient (Wildman–Crippen LogP) is 2.58. The van der Waals surface area contributed by atoms with E-state index in [2.05, 4.69) is 9.72 Å². The lowest BCUT2D eigenvalue weighted by Crippen LogP contribution is -2.50. The number of nitrogens with zero attached hydrogens (tertiary/aromatic N) is 3. The fraction of sp³-hybridized carbons (Fsp3) is 0.562. The lowest BCUT2D eigenvalue weighted by molar-refractivity contribution is 0.0240. The van der Waals surface area contributed by atoms with Gasteiger partial charge in [-0.1, -0.05) is 11.6 Å². The number of hydrogen-bond donors (Lipinski definition) is 0. The van der Waals surface area contributed by atoms with Gasteiger partial charge in [0.25, 0.3) is 0 Å². The summed E-state index contributed by atoms with van der Waals surface area (Å²) in [4.78, 5) is 31.4. The van der Waals surface area contributed by atoms with Crippen LogP contribution in [0.3, 0.4) is 0 Å². The van der Waals surface area contributed by atoms with Crippen molar-refractivity contribution < 1.29 is 19.1 Å². The van der Waals surface area contributed by atoms with E-state index >= 15 is 0 Å². The van der Waals surface area contributed by atoms with Crippen LogP contribution >= 0.6 is 11.6 Å². The molecule has 0 aromatic carbocycles. The lowest BCUT2D eigenvalue weighted by Gasteiger charge is -2.36. The Labute approximate surface area is 146 Å². The largest absolute Gasteiger partial charge is 0.464 e. The molecule has 0 bridgehead atoms. The van der Waals surface area contributed by atoms with E-state index in [1.165, 1.54) is 7.11 Å². The van der Waals surface area contributed by atoms with Gasteiger partial charge in [0, 0.05) is 31.9 Å². The molecule has 0 saturated carbocycles. The first-order valence-corrected chi connectivity index (χ1v) is 8.06. The average Bonchev–Trinajstić information content (AvgIpc) is 2.52. The van der Waals surface area contributed by atoms with Gasteiger partial charge in [-0.25, -0.2) is 14.6 Å². The molecule has 1 aromatic heterocycles. The molecule has 0 unspecified atom stereocenters. The van der Waals surface area contributed by atoms with E-state index in [9.17, 15) is 9.59 Å². The van der Waals surface area contributed by atoms with E-state index in [1.54, 1.807) is 17.0 Å². The highest BCUT2D eigenvalue weighted by Gasteiger charge is 2.26. The summed E-state index contributed by atoms with van der Waals surface area (Å²) in [5.74, 6) is -0.536. The maximum absolute atomic E-state index is 12.1. The molecule has 1 aromatic rings. The first-order valence-electron chi connectivity index (χ1n) is 7.68. The molecule has 7 nitrogen and oxygen atoms in total. The van der Waals surface area contributed by atoms with Crippen LogP contribution in [-0.2, 0) is 9.47 Å². The minimum Gasteiger partial charge on any atom is -0.464 e. The van der Waals surface area contributed by atoms with Gasteiger partial charge in [-0.2, -0.15) is 0 Å². The van der Waals surface area contributed by atoms with Crippen molar-refractivity contribution in [2.75, 3.05) is 38.2 Å². The zero-order valence-corrected chi connectivity index (χ0v) is 15.1. The number of amides is 1. The Bertz CT molecular complexity index is 622. The normalized spacial score (nSPS) is 15.2. The van der Waals surface area contributed by atoms with Gasteiger partial charge in [-0.3, -0.25) is 0 Å². The van der Waals surface area contributed by atoms with Gasteiger partial charge in [0.2, 0.25) is 0 Å². The van der Waals surface area contributed by atoms with Crippen LogP contribution in [0.1, 0.15) is 31.3 Å². The van der Waals surface area contributed by atoms with Gasteiger partial charge in [0.1, 0.15) is 10.8 Å². The summed E-state index contributed by atoms with van der Waals surface area (Å²) in [6.07, 6.45) is -0.315. The average molecular weight is 356 g/mol. The van der Waals surface area contributed by atoms with Crippen molar-refractivity contribution in [3.05, 3.63) is 23.0 Å². The smallest absolute Gasteiger partial charge is 0.410 e. The second-order valence-corrected chi connectivity index (χ2v) is 6.87. The number of ether oxygens (including phenoxy) is 2. The van der Waals surface area contributed by atoms with Crippen molar-refractivity contribution in [1.82, 2.24) is 9.88 Å². The molecular weight excluding hydrogens is 334 g/mol. The molecule has 2 heterocycles. The number of piperazine rings is 1. The van der Waals surface area contributed by atoms with E-state index in [0.29, 0.717) is 26.2 Å². The molecule has 1 saturated heterocycles. The molecular formula is C16H22ClN3O4. The molecule has 0 radical (unpaired) electrons. The predicted molar refractivity (Wildman–Crippen MR) is 90.6 cm³/mol. The Kier molecular flexibility index (Phi) is 5.54. The van der Waals surface area contributed by atoms with E-state index in [1.807, 2.05) is 25.7 Å². The standard InChI is InChI=1S/C16H22ClN3O4/c1-16(2,3)24-15(22)20-7-5-19(6-8-20)11-9-12(14(21)23-4)18-13(17)10-11/h9-10H,5-8H2,1-4H3. The third kappa shape index (κ3) is 4.74. The minimum absolute atomic E-state index is 0.162. The van der Waals surface area contributed by atoms with Gasteiger partial charge in [0.15, 0.2) is 5.69 Å². The topological polar surface area (TPSA) is 72.0 Å². The van der Waals surface area contributed by atoms with Crippen LogP contribution in [0.5, 0.6) is 0 Å². The summed E-state index contributed by atoms with van der Waals surface area (Å²) in [7, 11) is 1.30. The fourth-order valence-electron chi connectivity index (χ4n) is 2.35. The molecule has 2 rings (SSSR count). The van der Waals surface area contributed by atoms with Gasteiger partial charge in [0.05, 0.1) is 7.11 Å². The highest BCUT2D eigenvalue weighted by Crippen LogP contribution is 2.22. The molecule has 0 N–H and O–H groups in total. The molecule has 1 aliphatic heterocycles. The van der Waals surface area contributed by atoms with Crippen LogP contribution < -0.4 is 4.90 Å². The number of aromatic nitrogens is 1. The molecule has 132 valence electrons. The zero-order chi connectivity index (χ0) is 17.9. The summed E-state index contributed by atoms with van der Waals surface area (Å²) >= 11 is 5.99. The highest BCUT2D eigenvalue weighted by molar-refractivity contribution is 6.29. The SMILES string of the molecule is COC(=O)c1cc(N2CCN(C(=O)OC(C)(C)C)CC2)cc(Cl)n1. The molecule has 24 heavy (non-hydrogen) atoms. The Balaban J connectivity index is 2.03. The number of halogens is 1. The summed E-state index contributed by atoms with van der Waals surface area (Å²) in [5.41, 5.74) is 0.427. The van der Waals surface area contributed by atoms with Crippen molar-refractivity contribution in [2.45, 2.75) is 26.4 Å². The molecule has 1 amide bonds. The maximum atomic E-state index is 12.1. The number of esters is 1. The second-order valence-electron chi connectivity index (χ2n) is 6.48. The third-order valence-corrected chi connectivity index (χ3v) is 3.66. The van der Waals surface area contributed by atoms with Crippen molar-refractivity contribution in [2.24, 2.45) is 0 Å². The number of methoxy groups -OCH3 is 1. The van der Waals surface area contributed by atoms with Crippen LogP contribution in [-0.4, -0.2) is 60.8 Å². The van der Waals surface area contributed by atoms with Crippen molar-refractivity contribution in [1.29, 1.82) is 0 Å². The molecule has 1 fully saturated rings. The van der Waals surface area contributed by atoms with E-state index in [0.717, 1.165) is 5.69 Å². The highest BCUT2D eigenvalue weighted by atomic mass is 35.5. The second kappa shape index (κ2) is 7.25. The molecule has 0 spiro atoms. The van der Waals surface area contributed by atoms with E-state index < -0.39 is 11.6 Å². The maximum Gasteiger partial charge on any atom is 0.410 e. The fourth-order valence-corrected chi connectivity index (χ4v) is 2.55. The van der Waals surface area contributed by atoms with E-state index in [-0.39, 0.29) is 16.9 Å². The molecule has 8 heteroatoms. The van der Waals surface area contributed by atoms with Crippen molar-refractivity contribution in [3.8, 4) is 0 Å². The van der Waals surface area contributed by atoms with Crippen LogP contribution in [0.25, 0.3) is 0 Å². The molecule has 0 atom stereocenters. The first kappa shape index (κ1) is 18.3. The number of carbonyl (C=O) groups excluding carboxylic acids is 2. The number of pyridine rings is 1. The van der Waals surface area contributed by atoms with Gasteiger partial charge < -0.3 is 19.3 Å². The van der Waals surface area contributed by atoms with Gasteiger partial charge >= 0.3 is 12.1 Å². The van der Waals surface area contributed by atoms with Gasteiger partial charge in [-0.05, 0) is 32.9 Å². The van der Waals surface area contributed by atoms with E-state index in [4.69, 9.17) is 16.3 Å². The van der Waals surface area contributed by atoms with Crippen LogP contribution in [0.15, 0.2) is 12.1 Å². The monoisotopic (exact) mass is 355 g/mol. The third-order valence-electron chi connectivity index (χ3n) is 3.47.